The van der Waals surface area contributed by atoms with Gasteiger partial charge in [0.05, 0.1) is 6.61 Å². The number of ether oxygens (including phenoxy) is 5. The minimum atomic E-state index is -1.35. The fourth-order valence-electron chi connectivity index (χ4n) is 2.13. The molecule has 17 heavy (non-hydrogen) atoms. The van der Waals surface area contributed by atoms with E-state index in [0.29, 0.717) is 0 Å². The third-order valence-corrected chi connectivity index (χ3v) is 3.03. The number of rotatable bonds is 2. The van der Waals surface area contributed by atoms with E-state index in [1.807, 2.05) is 0 Å². The van der Waals surface area contributed by atoms with E-state index < -0.39 is 23.8 Å². The zero-order chi connectivity index (χ0) is 12.7. The van der Waals surface area contributed by atoms with Crippen molar-refractivity contribution in [2.75, 3.05) is 27.4 Å². The van der Waals surface area contributed by atoms with Gasteiger partial charge < -0.3 is 23.7 Å². The van der Waals surface area contributed by atoms with Crippen LogP contribution < -0.4 is 0 Å². The molecule has 0 N–H and O–H groups in total. The minimum Gasteiger partial charge on any atom is -0.376 e. The highest BCUT2D eigenvalue weighted by molar-refractivity contribution is 5.91. The van der Waals surface area contributed by atoms with Crippen LogP contribution in [0.3, 0.4) is 0 Å². The number of hydrogen-bond donors (Lipinski definition) is 0. The van der Waals surface area contributed by atoms with Gasteiger partial charge in [-0.25, -0.2) is 0 Å². The lowest BCUT2D eigenvalue weighted by atomic mass is 9.99. The van der Waals surface area contributed by atoms with Gasteiger partial charge in [0.25, 0.3) is 5.79 Å². The normalized spacial score (nSPS) is 41.1. The van der Waals surface area contributed by atoms with E-state index in [4.69, 9.17) is 23.7 Å². The third-order valence-electron chi connectivity index (χ3n) is 3.03. The van der Waals surface area contributed by atoms with Crippen molar-refractivity contribution in [3.63, 3.8) is 0 Å². The molecule has 0 aliphatic carbocycles. The molecule has 2 fully saturated rings. The molecule has 98 valence electrons. The van der Waals surface area contributed by atoms with Gasteiger partial charge >= 0.3 is 0 Å². The smallest absolute Gasteiger partial charge is 0.258 e. The summed E-state index contributed by atoms with van der Waals surface area (Å²) in [5.74, 6) is -2.46. The zero-order valence-corrected chi connectivity index (χ0v) is 10.5. The SMILES string of the molecule is CO[C@H]1CO[C@@]2(COC(C)(C)O2)C(=O)[C@H]1OC. The summed E-state index contributed by atoms with van der Waals surface area (Å²) in [7, 11) is 2.98. The Kier molecular flexibility index (Phi) is 3.26. The number of hydrogen-bond acceptors (Lipinski definition) is 6. The highest BCUT2D eigenvalue weighted by Crippen LogP contribution is 2.37. The monoisotopic (exact) mass is 246 g/mol. The predicted octanol–water partition coefficient (Wildman–Crippen LogP) is 0.0949. The Hall–Kier alpha value is -0.530. The summed E-state index contributed by atoms with van der Waals surface area (Å²) in [6.07, 6.45) is -1.10. The van der Waals surface area contributed by atoms with E-state index in [1.165, 1.54) is 14.2 Å². The number of Topliss-reactive ketones (excluding diaryl/α,β-unsaturated/α-hetero) is 1. The van der Waals surface area contributed by atoms with Gasteiger partial charge in [-0.15, -0.1) is 0 Å². The topological polar surface area (TPSA) is 63.2 Å². The highest BCUT2D eigenvalue weighted by atomic mass is 16.8. The van der Waals surface area contributed by atoms with Crippen LogP contribution in [0.5, 0.6) is 0 Å². The van der Waals surface area contributed by atoms with E-state index in [1.54, 1.807) is 13.8 Å². The average Bonchev–Trinajstić information content (AvgIpc) is 2.59. The number of ketones is 1. The second kappa shape index (κ2) is 4.29. The Morgan fingerprint density at radius 2 is 1.94 bits per heavy atom. The molecule has 2 aliphatic rings. The Balaban J connectivity index is 2.20. The molecule has 0 amide bonds. The second-order valence-electron chi connectivity index (χ2n) is 4.65. The molecular weight excluding hydrogens is 228 g/mol. The van der Waals surface area contributed by atoms with Crippen molar-refractivity contribution < 1.29 is 28.5 Å². The summed E-state index contributed by atoms with van der Waals surface area (Å²) in [6.45, 7) is 3.79. The molecule has 6 nitrogen and oxygen atoms in total. The lowest BCUT2D eigenvalue weighted by Gasteiger charge is -2.38. The summed E-state index contributed by atoms with van der Waals surface area (Å²) in [5.41, 5.74) is 0. The lowest BCUT2D eigenvalue weighted by Crippen LogP contribution is -2.60. The molecule has 2 aliphatic heterocycles. The zero-order valence-electron chi connectivity index (χ0n) is 10.5. The molecule has 0 aromatic carbocycles. The molecule has 2 saturated heterocycles. The van der Waals surface area contributed by atoms with Crippen LogP contribution in [0.1, 0.15) is 13.8 Å². The van der Waals surface area contributed by atoms with Crippen molar-refractivity contribution in [1.29, 1.82) is 0 Å². The van der Waals surface area contributed by atoms with Crippen LogP contribution >= 0.6 is 0 Å². The van der Waals surface area contributed by atoms with Gasteiger partial charge in [-0.3, -0.25) is 4.79 Å². The molecule has 6 heteroatoms. The van der Waals surface area contributed by atoms with Crippen molar-refractivity contribution in [2.24, 2.45) is 0 Å². The second-order valence-corrected chi connectivity index (χ2v) is 4.65. The van der Waals surface area contributed by atoms with Crippen molar-refractivity contribution in [2.45, 2.75) is 37.6 Å². The molecule has 2 rings (SSSR count). The molecule has 0 saturated carbocycles. The Labute approximate surface area is 100 Å². The Bertz CT molecular complexity index is 315. The van der Waals surface area contributed by atoms with Gasteiger partial charge in [0.1, 0.15) is 18.8 Å². The summed E-state index contributed by atoms with van der Waals surface area (Å²) in [4.78, 5) is 12.3. The largest absolute Gasteiger partial charge is 0.376 e. The van der Waals surface area contributed by atoms with E-state index in [9.17, 15) is 4.79 Å². The highest BCUT2D eigenvalue weighted by Gasteiger charge is 2.58. The van der Waals surface area contributed by atoms with Crippen molar-refractivity contribution in [1.82, 2.24) is 0 Å². The van der Waals surface area contributed by atoms with Gasteiger partial charge in [-0.2, -0.15) is 0 Å². The molecule has 0 unspecified atom stereocenters. The van der Waals surface area contributed by atoms with Crippen LogP contribution in [0.2, 0.25) is 0 Å². The van der Waals surface area contributed by atoms with Crippen LogP contribution in [0.4, 0.5) is 0 Å². The van der Waals surface area contributed by atoms with Crippen LogP contribution in [-0.2, 0) is 28.5 Å². The van der Waals surface area contributed by atoms with E-state index in [2.05, 4.69) is 0 Å². The molecule has 0 radical (unpaired) electrons. The van der Waals surface area contributed by atoms with Crippen LogP contribution in [0, 0.1) is 0 Å². The molecule has 0 bridgehead atoms. The number of carbonyl (C=O) groups is 1. The first-order valence-electron chi connectivity index (χ1n) is 5.52. The van der Waals surface area contributed by atoms with Crippen LogP contribution in [-0.4, -0.2) is 57.0 Å². The number of carbonyl (C=O) groups excluding carboxylic acids is 1. The standard InChI is InChI=1S/C11H18O6/c1-10(2)16-6-11(17-10)9(12)8(14-4)7(13-3)5-15-11/h7-8H,5-6H2,1-4H3/t7-,8-,11+/m0/s1. The maximum Gasteiger partial charge on any atom is 0.258 e. The molecule has 0 aromatic rings. The van der Waals surface area contributed by atoms with Crippen molar-refractivity contribution in [3.8, 4) is 0 Å². The maximum atomic E-state index is 12.3. The van der Waals surface area contributed by atoms with E-state index in [-0.39, 0.29) is 19.0 Å². The fraction of sp³-hybridized carbons (Fsp3) is 0.909. The predicted molar refractivity (Wildman–Crippen MR) is 56.4 cm³/mol. The Morgan fingerprint density at radius 3 is 2.41 bits per heavy atom. The van der Waals surface area contributed by atoms with Crippen molar-refractivity contribution >= 4 is 5.78 Å². The maximum absolute atomic E-state index is 12.3. The fourth-order valence-corrected chi connectivity index (χ4v) is 2.13. The van der Waals surface area contributed by atoms with Gasteiger partial charge in [0, 0.05) is 14.2 Å². The summed E-state index contributed by atoms with van der Waals surface area (Å²) >= 11 is 0. The summed E-state index contributed by atoms with van der Waals surface area (Å²) in [6, 6.07) is 0. The summed E-state index contributed by atoms with van der Waals surface area (Å²) < 4.78 is 26.8. The first-order valence-corrected chi connectivity index (χ1v) is 5.52. The lowest BCUT2D eigenvalue weighted by molar-refractivity contribution is -0.274. The van der Waals surface area contributed by atoms with Gasteiger partial charge in [-0.05, 0) is 13.8 Å². The molecule has 0 aromatic heterocycles. The van der Waals surface area contributed by atoms with Gasteiger partial charge in [-0.1, -0.05) is 0 Å². The minimum absolute atomic E-state index is 0.0785. The van der Waals surface area contributed by atoms with Crippen molar-refractivity contribution in [3.05, 3.63) is 0 Å². The van der Waals surface area contributed by atoms with E-state index in [0.717, 1.165) is 0 Å². The average molecular weight is 246 g/mol. The van der Waals surface area contributed by atoms with Crippen LogP contribution in [0.15, 0.2) is 0 Å². The molecular formula is C11H18O6. The summed E-state index contributed by atoms with van der Waals surface area (Å²) in [5, 5.41) is 0. The van der Waals surface area contributed by atoms with E-state index >= 15 is 0 Å². The number of methoxy groups -OCH3 is 2. The third kappa shape index (κ3) is 2.11. The van der Waals surface area contributed by atoms with Gasteiger partial charge in [0.15, 0.2) is 5.79 Å². The first kappa shape index (κ1) is 12.9. The quantitative estimate of drug-likeness (QED) is 0.688. The Morgan fingerprint density at radius 1 is 1.24 bits per heavy atom. The molecule has 2 heterocycles. The van der Waals surface area contributed by atoms with Crippen LogP contribution in [0.25, 0.3) is 0 Å². The molecule has 1 spiro atoms. The first-order chi connectivity index (χ1) is 7.94. The molecule has 3 atom stereocenters. The van der Waals surface area contributed by atoms with Gasteiger partial charge in [0.2, 0.25) is 5.78 Å².